The molecule has 2 heterocycles. The van der Waals surface area contributed by atoms with Gasteiger partial charge in [-0.25, -0.2) is 4.68 Å². The van der Waals surface area contributed by atoms with E-state index in [2.05, 4.69) is 5.10 Å². The Bertz CT molecular complexity index is 823. The van der Waals surface area contributed by atoms with Gasteiger partial charge in [-0.1, -0.05) is 31.5 Å². The van der Waals surface area contributed by atoms with Gasteiger partial charge in [0.25, 0.3) is 5.91 Å². The lowest BCUT2D eigenvalue weighted by atomic mass is 10.1. The number of halogens is 1. The number of nitrogens with zero attached hydrogens (tertiary/aromatic N) is 4. The summed E-state index contributed by atoms with van der Waals surface area (Å²) in [5.41, 5.74) is 2.17. The van der Waals surface area contributed by atoms with Gasteiger partial charge in [0.2, 0.25) is 5.91 Å². The molecule has 0 N–H and O–H groups in total. The maximum Gasteiger partial charge on any atom is 0.257 e. The van der Waals surface area contributed by atoms with Crippen LogP contribution in [0.2, 0.25) is 5.02 Å². The molecule has 1 saturated heterocycles. The number of piperazine rings is 1. The van der Waals surface area contributed by atoms with Gasteiger partial charge < -0.3 is 9.80 Å². The van der Waals surface area contributed by atoms with Crippen LogP contribution in [0.4, 0.5) is 0 Å². The number of amides is 2. The van der Waals surface area contributed by atoms with E-state index in [9.17, 15) is 9.59 Å². The second-order valence-corrected chi connectivity index (χ2v) is 7.24. The molecule has 1 aliphatic rings. The molecule has 7 heteroatoms. The summed E-state index contributed by atoms with van der Waals surface area (Å²) in [4.78, 5) is 28.6. The first-order valence-electron chi connectivity index (χ1n) is 8.77. The fourth-order valence-electron chi connectivity index (χ4n) is 3.15. The topological polar surface area (TPSA) is 58.4 Å². The monoisotopic (exact) mass is 374 g/mol. The summed E-state index contributed by atoms with van der Waals surface area (Å²) in [6, 6.07) is 7.36. The molecule has 1 aromatic carbocycles. The highest BCUT2D eigenvalue weighted by molar-refractivity contribution is 6.30. The first-order chi connectivity index (χ1) is 12.4. The molecule has 0 radical (unpaired) electrons. The summed E-state index contributed by atoms with van der Waals surface area (Å²) < 4.78 is 1.72. The molecule has 138 valence electrons. The van der Waals surface area contributed by atoms with Gasteiger partial charge in [-0.2, -0.15) is 5.10 Å². The highest BCUT2D eigenvalue weighted by Gasteiger charge is 2.27. The van der Waals surface area contributed by atoms with Crippen LogP contribution in [0, 0.1) is 12.8 Å². The summed E-state index contributed by atoms with van der Waals surface area (Å²) in [5.74, 6) is 0.0740. The molecule has 2 aromatic rings. The van der Waals surface area contributed by atoms with Gasteiger partial charge in [0, 0.05) is 37.1 Å². The van der Waals surface area contributed by atoms with E-state index in [1.54, 1.807) is 21.8 Å². The molecule has 6 nitrogen and oxygen atoms in total. The molecule has 2 amide bonds. The number of aromatic nitrogens is 2. The van der Waals surface area contributed by atoms with Crippen LogP contribution in [0.5, 0.6) is 0 Å². The van der Waals surface area contributed by atoms with E-state index in [0.717, 1.165) is 11.4 Å². The van der Waals surface area contributed by atoms with Gasteiger partial charge in [-0.15, -0.1) is 0 Å². The van der Waals surface area contributed by atoms with E-state index in [0.29, 0.717) is 36.8 Å². The SMILES string of the molecule is Cc1c(C(=O)N2CCN(C(=O)C(C)C)CC2)cnn1-c1cccc(Cl)c1. The fraction of sp³-hybridized carbons (Fsp3) is 0.421. The number of hydrogen-bond acceptors (Lipinski definition) is 3. The third-order valence-electron chi connectivity index (χ3n) is 4.67. The predicted octanol–water partition coefficient (Wildman–Crippen LogP) is 2.77. The minimum absolute atomic E-state index is 0.0181. The van der Waals surface area contributed by atoms with Crippen LogP contribution in [0.15, 0.2) is 30.5 Å². The molecular formula is C19H23ClN4O2. The molecule has 0 bridgehead atoms. The van der Waals surface area contributed by atoms with Crippen molar-refractivity contribution < 1.29 is 9.59 Å². The zero-order valence-electron chi connectivity index (χ0n) is 15.3. The second kappa shape index (κ2) is 7.50. The first kappa shape index (κ1) is 18.5. The van der Waals surface area contributed by atoms with E-state index in [1.807, 2.05) is 43.9 Å². The maximum absolute atomic E-state index is 12.9. The molecule has 0 aliphatic carbocycles. The lowest BCUT2D eigenvalue weighted by Crippen LogP contribution is -2.51. The third-order valence-corrected chi connectivity index (χ3v) is 4.90. The predicted molar refractivity (Wildman–Crippen MR) is 101 cm³/mol. The third kappa shape index (κ3) is 3.60. The zero-order valence-corrected chi connectivity index (χ0v) is 16.0. The molecule has 1 fully saturated rings. The molecule has 3 rings (SSSR count). The van der Waals surface area contributed by atoms with Crippen LogP contribution in [0.1, 0.15) is 29.9 Å². The average Bonchev–Trinajstić information content (AvgIpc) is 3.02. The molecule has 0 atom stereocenters. The Morgan fingerprint density at radius 3 is 2.38 bits per heavy atom. The Morgan fingerprint density at radius 1 is 1.12 bits per heavy atom. The van der Waals surface area contributed by atoms with Crippen molar-refractivity contribution in [3.8, 4) is 5.69 Å². The molecule has 0 spiro atoms. The van der Waals surface area contributed by atoms with Crippen LogP contribution in [-0.2, 0) is 4.79 Å². The van der Waals surface area contributed by atoms with E-state index >= 15 is 0 Å². The van der Waals surface area contributed by atoms with Crippen molar-refractivity contribution in [3.63, 3.8) is 0 Å². The number of carbonyl (C=O) groups is 2. The maximum atomic E-state index is 12.9. The Balaban J connectivity index is 1.73. The molecular weight excluding hydrogens is 352 g/mol. The van der Waals surface area contributed by atoms with Gasteiger partial charge in [0.15, 0.2) is 0 Å². The molecule has 0 unspecified atom stereocenters. The van der Waals surface area contributed by atoms with Crippen molar-refractivity contribution in [1.29, 1.82) is 0 Å². The van der Waals surface area contributed by atoms with Gasteiger partial charge in [-0.05, 0) is 25.1 Å². The minimum atomic E-state index is -0.0487. The number of rotatable bonds is 3. The lowest BCUT2D eigenvalue weighted by molar-refractivity contribution is -0.135. The van der Waals surface area contributed by atoms with Crippen molar-refractivity contribution >= 4 is 23.4 Å². The average molecular weight is 375 g/mol. The Labute approximate surface area is 158 Å². The van der Waals surface area contributed by atoms with Gasteiger partial charge in [-0.3, -0.25) is 9.59 Å². The van der Waals surface area contributed by atoms with Crippen LogP contribution in [-0.4, -0.2) is 57.6 Å². The van der Waals surface area contributed by atoms with Crippen molar-refractivity contribution in [2.24, 2.45) is 5.92 Å². The summed E-state index contributed by atoms with van der Waals surface area (Å²) in [6.45, 7) is 7.90. The van der Waals surface area contributed by atoms with Crippen LogP contribution >= 0.6 is 11.6 Å². The molecule has 26 heavy (non-hydrogen) atoms. The summed E-state index contributed by atoms with van der Waals surface area (Å²) in [7, 11) is 0. The van der Waals surface area contributed by atoms with Crippen LogP contribution in [0.25, 0.3) is 5.69 Å². The second-order valence-electron chi connectivity index (χ2n) is 6.81. The standard InChI is InChI=1S/C19H23ClN4O2/c1-13(2)18(25)22-7-9-23(10-8-22)19(26)17-12-21-24(14(17)3)16-6-4-5-15(20)11-16/h4-6,11-13H,7-10H2,1-3H3. The van der Waals surface area contributed by atoms with E-state index in [4.69, 9.17) is 11.6 Å². The van der Waals surface area contributed by atoms with E-state index < -0.39 is 0 Å². The van der Waals surface area contributed by atoms with Crippen molar-refractivity contribution in [2.75, 3.05) is 26.2 Å². The van der Waals surface area contributed by atoms with Crippen molar-refractivity contribution in [2.45, 2.75) is 20.8 Å². The largest absolute Gasteiger partial charge is 0.339 e. The smallest absolute Gasteiger partial charge is 0.257 e. The normalized spacial score (nSPS) is 14.8. The molecule has 1 aliphatic heterocycles. The Morgan fingerprint density at radius 2 is 1.77 bits per heavy atom. The zero-order chi connectivity index (χ0) is 18.8. The quantitative estimate of drug-likeness (QED) is 0.830. The number of hydrogen-bond donors (Lipinski definition) is 0. The van der Waals surface area contributed by atoms with Gasteiger partial charge in [0.05, 0.1) is 23.1 Å². The van der Waals surface area contributed by atoms with Gasteiger partial charge >= 0.3 is 0 Å². The van der Waals surface area contributed by atoms with Gasteiger partial charge in [0.1, 0.15) is 0 Å². The Hall–Kier alpha value is -2.34. The number of carbonyl (C=O) groups excluding carboxylic acids is 2. The molecule has 1 aromatic heterocycles. The van der Waals surface area contributed by atoms with Crippen LogP contribution < -0.4 is 0 Å². The van der Waals surface area contributed by atoms with Crippen molar-refractivity contribution in [1.82, 2.24) is 19.6 Å². The fourth-order valence-corrected chi connectivity index (χ4v) is 3.34. The van der Waals surface area contributed by atoms with Crippen molar-refractivity contribution in [3.05, 3.63) is 46.7 Å². The minimum Gasteiger partial charge on any atom is -0.339 e. The Kier molecular flexibility index (Phi) is 5.32. The highest BCUT2D eigenvalue weighted by atomic mass is 35.5. The van der Waals surface area contributed by atoms with E-state index in [-0.39, 0.29) is 17.7 Å². The summed E-state index contributed by atoms with van der Waals surface area (Å²) >= 11 is 6.05. The highest BCUT2D eigenvalue weighted by Crippen LogP contribution is 2.19. The molecule has 0 saturated carbocycles. The lowest BCUT2D eigenvalue weighted by Gasteiger charge is -2.35. The summed E-state index contributed by atoms with van der Waals surface area (Å²) in [6.07, 6.45) is 1.60. The summed E-state index contributed by atoms with van der Waals surface area (Å²) in [5, 5.41) is 4.98. The van der Waals surface area contributed by atoms with E-state index in [1.165, 1.54) is 0 Å². The number of benzene rings is 1. The first-order valence-corrected chi connectivity index (χ1v) is 9.15. The van der Waals surface area contributed by atoms with Crippen LogP contribution in [0.3, 0.4) is 0 Å².